The lowest BCUT2D eigenvalue weighted by molar-refractivity contribution is -0.137. The van der Waals surface area contributed by atoms with Crippen LogP contribution in [0.4, 0.5) is 18.9 Å². The number of benzene rings is 1. The van der Waals surface area contributed by atoms with Crippen LogP contribution in [0.15, 0.2) is 52.2 Å². The summed E-state index contributed by atoms with van der Waals surface area (Å²) in [6.07, 6.45) is -2.10. The number of furan rings is 1. The molecule has 0 aliphatic carbocycles. The Kier molecular flexibility index (Phi) is 6.08. The van der Waals surface area contributed by atoms with Crippen molar-refractivity contribution in [2.24, 2.45) is 0 Å². The standard InChI is InChI=1S/C18H17F3N4O2S/c1-2-8-25-16(14-7-4-9-27-14)23-24-17(25)28-11-15(26)22-13-6-3-5-12(10-13)18(19,20)21/h3-7,9-10H,2,8,11H2,1H3,(H,22,26). The summed E-state index contributed by atoms with van der Waals surface area (Å²) in [7, 11) is 0. The summed E-state index contributed by atoms with van der Waals surface area (Å²) in [6, 6.07) is 8.02. The quantitative estimate of drug-likeness (QED) is 0.572. The van der Waals surface area contributed by atoms with Crippen molar-refractivity contribution in [2.75, 3.05) is 11.1 Å². The van der Waals surface area contributed by atoms with Crippen LogP contribution in [0.5, 0.6) is 0 Å². The Hall–Kier alpha value is -2.75. The second-order valence-corrected chi connectivity index (χ2v) is 6.79. The minimum Gasteiger partial charge on any atom is -0.461 e. The molecule has 0 aliphatic heterocycles. The van der Waals surface area contributed by atoms with E-state index in [-0.39, 0.29) is 11.4 Å². The van der Waals surface area contributed by atoms with Crippen molar-refractivity contribution in [1.29, 1.82) is 0 Å². The molecule has 0 aliphatic rings. The molecule has 10 heteroatoms. The summed E-state index contributed by atoms with van der Waals surface area (Å²) in [5.41, 5.74) is -0.726. The first kappa shape index (κ1) is 20.0. The average molecular weight is 410 g/mol. The van der Waals surface area contributed by atoms with E-state index in [2.05, 4.69) is 15.5 Å². The number of amides is 1. The zero-order valence-corrected chi connectivity index (χ0v) is 15.7. The number of hydrogen-bond donors (Lipinski definition) is 1. The Labute approximate surface area is 163 Å². The maximum Gasteiger partial charge on any atom is 0.416 e. The first-order valence-electron chi connectivity index (χ1n) is 8.45. The molecule has 0 saturated carbocycles. The minimum absolute atomic E-state index is 0.0176. The van der Waals surface area contributed by atoms with Crippen molar-refractivity contribution in [1.82, 2.24) is 14.8 Å². The lowest BCUT2D eigenvalue weighted by Crippen LogP contribution is -2.15. The van der Waals surface area contributed by atoms with Gasteiger partial charge < -0.3 is 9.73 Å². The van der Waals surface area contributed by atoms with Gasteiger partial charge in [0.15, 0.2) is 16.7 Å². The van der Waals surface area contributed by atoms with E-state index < -0.39 is 17.6 Å². The van der Waals surface area contributed by atoms with E-state index in [9.17, 15) is 18.0 Å². The number of nitrogens with zero attached hydrogens (tertiary/aromatic N) is 3. The summed E-state index contributed by atoms with van der Waals surface area (Å²) < 4.78 is 45.5. The Morgan fingerprint density at radius 1 is 1.25 bits per heavy atom. The molecular weight excluding hydrogens is 393 g/mol. The summed E-state index contributed by atoms with van der Waals surface area (Å²) in [5, 5.41) is 11.2. The molecule has 3 rings (SSSR count). The van der Waals surface area contributed by atoms with E-state index in [0.29, 0.717) is 23.3 Å². The smallest absolute Gasteiger partial charge is 0.416 e. The van der Waals surface area contributed by atoms with Gasteiger partial charge in [0.2, 0.25) is 5.91 Å². The Morgan fingerprint density at radius 3 is 2.75 bits per heavy atom. The van der Waals surface area contributed by atoms with Crippen molar-refractivity contribution in [2.45, 2.75) is 31.2 Å². The summed E-state index contributed by atoms with van der Waals surface area (Å²) >= 11 is 1.16. The van der Waals surface area contributed by atoms with Crippen LogP contribution in [-0.2, 0) is 17.5 Å². The third kappa shape index (κ3) is 4.75. The third-order valence-corrected chi connectivity index (χ3v) is 4.68. The minimum atomic E-state index is -4.46. The lowest BCUT2D eigenvalue weighted by atomic mass is 10.2. The predicted molar refractivity (Wildman–Crippen MR) is 98.8 cm³/mol. The number of rotatable bonds is 7. The van der Waals surface area contributed by atoms with Gasteiger partial charge in [-0.3, -0.25) is 9.36 Å². The van der Waals surface area contributed by atoms with Crippen LogP contribution in [0.3, 0.4) is 0 Å². The largest absolute Gasteiger partial charge is 0.461 e. The topological polar surface area (TPSA) is 73.0 Å². The highest BCUT2D eigenvalue weighted by Gasteiger charge is 2.30. The fraction of sp³-hybridized carbons (Fsp3) is 0.278. The second kappa shape index (κ2) is 8.51. The molecule has 6 nitrogen and oxygen atoms in total. The molecule has 1 amide bonds. The highest BCUT2D eigenvalue weighted by atomic mass is 32.2. The SMILES string of the molecule is CCCn1c(SCC(=O)Nc2cccc(C(F)(F)F)c2)nnc1-c1ccco1. The van der Waals surface area contributed by atoms with Crippen LogP contribution in [0.1, 0.15) is 18.9 Å². The Bertz CT molecular complexity index is 939. The predicted octanol–water partition coefficient (Wildman–Crippen LogP) is 4.70. The zero-order valence-electron chi connectivity index (χ0n) is 14.9. The number of halogens is 3. The zero-order chi connectivity index (χ0) is 20.1. The van der Waals surface area contributed by atoms with Gasteiger partial charge in [-0.25, -0.2) is 0 Å². The summed E-state index contributed by atoms with van der Waals surface area (Å²) in [4.78, 5) is 12.2. The molecule has 0 fully saturated rings. The molecular formula is C18H17F3N4O2S. The van der Waals surface area contributed by atoms with Crippen LogP contribution in [0.25, 0.3) is 11.6 Å². The van der Waals surface area contributed by atoms with Crippen molar-refractivity contribution in [3.8, 4) is 11.6 Å². The number of thioether (sulfide) groups is 1. The van der Waals surface area contributed by atoms with E-state index in [0.717, 1.165) is 30.3 Å². The van der Waals surface area contributed by atoms with Crippen molar-refractivity contribution in [3.05, 3.63) is 48.2 Å². The van der Waals surface area contributed by atoms with Crippen LogP contribution < -0.4 is 5.32 Å². The number of carbonyl (C=O) groups excluding carboxylic acids is 1. The van der Waals surface area contributed by atoms with Crippen molar-refractivity contribution in [3.63, 3.8) is 0 Å². The summed E-state index contributed by atoms with van der Waals surface area (Å²) in [6.45, 7) is 2.64. The average Bonchev–Trinajstić information content (AvgIpc) is 3.29. The van der Waals surface area contributed by atoms with Gasteiger partial charge in [0.05, 0.1) is 17.6 Å². The number of hydrogen-bond acceptors (Lipinski definition) is 5. The molecule has 148 valence electrons. The van der Waals surface area contributed by atoms with Gasteiger partial charge in [-0.2, -0.15) is 13.2 Å². The molecule has 0 unspecified atom stereocenters. The van der Waals surface area contributed by atoms with Gasteiger partial charge in [0, 0.05) is 12.2 Å². The summed E-state index contributed by atoms with van der Waals surface area (Å²) in [5.74, 6) is 0.680. The molecule has 3 aromatic rings. The Morgan fingerprint density at radius 2 is 2.07 bits per heavy atom. The van der Waals surface area contributed by atoms with Crippen molar-refractivity contribution < 1.29 is 22.4 Å². The highest BCUT2D eigenvalue weighted by molar-refractivity contribution is 7.99. The third-order valence-electron chi connectivity index (χ3n) is 3.71. The van der Waals surface area contributed by atoms with Gasteiger partial charge in [-0.05, 0) is 36.8 Å². The van der Waals surface area contributed by atoms with E-state index in [1.54, 1.807) is 12.1 Å². The van der Waals surface area contributed by atoms with Crippen LogP contribution >= 0.6 is 11.8 Å². The molecule has 1 N–H and O–H groups in total. The maximum atomic E-state index is 12.8. The normalized spacial score (nSPS) is 11.6. The molecule has 0 atom stereocenters. The van der Waals surface area contributed by atoms with Gasteiger partial charge >= 0.3 is 6.18 Å². The fourth-order valence-electron chi connectivity index (χ4n) is 2.51. The van der Waals surface area contributed by atoms with Gasteiger partial charge in [0.25, 0.3) is 0 Å². The van der Waals surface area contributed by atoms with E-state index in [1.807, 2.05) is 11.5 Å². The van der Waals surface area contributed by atoms with Crippen molar-refractivity contribution >= 4 is 23.4 Å². The Balaban J connectivity index is 1.67. The highest BCUT2D eigenvalue weighted by Crippen LogP contribution is 2.31. The monoisotopic (exact) mass is 410 g/mol. The van der Waals surface area contributed by atoms with E-state index in [4.69, 9.17) is 4.42 Å². The molecule has 28 heavy (non-hydrogen) atoms. The number of anilines is 1. The van der Waals surface area contributed by atoms with Gasteiger partial charge in [0.1, 0.15) is 0 Å². The van der Waals surface area contributed by atoms with Crippen LogP contribution in [0.2, 0.25) is 0 Å². The number of nitrogens with one attached hydrogen (secondary N) is 1. The van der Waals surface area contributed by atoms with E-state index in [1.165, 1.54) is 18.4 Å². The molecule has 1 aromatic carbocycles. The number of aromatic nitrogens is 3. The molecule has 0 radical (unpaired) electrons. The number of carbonyl (C=O) groups is 1. The van der Waals surface area contributed by atoms with Gasteiger partial charge in [-0.15, -0.1) is 10.2 Å². The molecule has 0 saturated heterocycles. The van der Waals surface area contributed by atoms with Crippen LogP contribution in [-0.4, -0.2) is 26.4 Å². The molecule has 0 spiro atoms. The lowest BCUT2D eigenvalue weighted by Gasteiger charge is -2.10. The molecule has 2 heterocycles. The first-order valence-corrected chi connectivity index (χ1v) is 9.44. The molecule has 0 bridgehead atoms. The maximum absolute atomic E-state index is 12.8. The number of alkyl halides is 3. The second-order valence-electron chi connectivity index (χ2n) is 5.85. The first-order chi connectivity index (χ1) is 13.4. The van der Waals surface area contributed by atoms with Crippen LogP contribution in [0, 0.1) is 0 Å². The van der Waals surface area contributed by atoms with Gasteiger partial charge in [-0.1, -0.05) is 24.8 Å². The fourth-order valence-corrected chi connectivity index (χ4v) is 3.27. The van der Waals surface area contributed by atoms with E-state index >= 15 is 0 Å². The molecule has 2 aromatic heterocycles.